The van der Waals surface area contributed by atoms with Crippen LogP contribution in [0.15, 0.2) is 51.0 Å². The molecule has 2 aromatic heterocycles. The number of rotatable bonds is 6. The minimum absolute atomic E-state index is 0.00914. The molecule has 0 aliphatic carbocycles. The van der Waals surface area contributed by atoms with Gasteiger partial charge in [-0.05, 0) is 30.0 Å². The highest BCUT2D eigenvalue weighted by molar-refractivity contribution is 7.12. The summed E-state index contributed by atoms with van der Waals surface area (Å²) < 4.78 is 10.4. The maximum atomic E-state index is 11.9. The van der Waals surface area contributed by atoms with Crippen molar-refractivity contribution in [1.29, 1.82) is 0 Å². The second-order valence-corrected chi connectivity index (χ2v) is 6.60. The van der Waals surface area contributed by atoms with Crippen LogP contribution in [0.5, 0.6) is 0 Å². The highest BCUT2D eigenvalue weighted by Gasteiger charge is 2.12. The number of carbonyl (C=O) groups excluding carboxylic acids is 2. The van der Waals surface area contributed by atoms with E-state index in [1.165, 1.54) is 17.4 Å². The van der Waals surface area contributed by atoms with E-state index in [9.17, 15) is 14.4 Å². The zero-order valence-corrected chi connectivity index (χ0v) is 14.4. The predicted octanol–water partition coefficient (Wildman–Crippen LogP) is 3.87. The number of benzene rings is 1. The van der Waals surface area contributed by atoms with Crippen molar-refractivity contribution in [2.45, 2.75) is 26.4 Å². The summed E-state index contributed by atoms with van der Waals surface area (Å²) in [5.74, 6) is -0.549. The number of hydrogen-bond donors (Lipinski definition) is 0. The van der Waals surface area contributed by atoms with Crippen molar-refractivity contribution >= 4 is 34.1 Å². The van der Waals surface area contributed by atoms with E-state index in [4.69, 9.17) is 9.15 Å². The molecule has 0 fully saturated rings. The van der Waals surface area contributed by atoms with Gasteiger partial charge in [-0.2, -0.15) is 0 Å². The molecule has 0 aliphatic rings. The Labute approximate surface area is 147 Å². The minimum Gasteiger partial charge on any atom is -0.461 e. The van der Waals surface area contributed by atoms with E-state index in [0.717, 1.165) is 10.9 Å². The molecule has 128 valence electrons. The van der Waals surface area contributed by atoms with Crippen LogP contribution in [0.25, 0.3) is 11.0 Å². The molecule has 5 nitrogen and oxygen atoms in total. The standard InChI is InChI=1S/C19H16O5S/c1-12-4-5-14-13(10-19(22)24-16(14)9-12)11-23-18(21)7-6-15(20)17-3-2-8-25-17/h2-5,8-10H,6-7,11H2,1H3. The average molecular weight is 356 g/mol. The Kier molecular flexibility index (Phi) is 5.09. The number of fused-ring (bicyclic) bond motifs is 1. The lowest BCUT2D eigenvalue weighted by molar-refractivity contribution is -0.144. The van der Waals surface area contributed by atoms with Gasteiger partial charge in [0.2, 0.25) is 0 Å². The van der Waals surface area contributed by atoms with Crippen LogP contribution in [0, 0.1) is 6.92 Å². The van der Waals surface area contributed by atoms with Gasteiger partial charge in [-0.15, -0.1) is 11.3 Å². The monoisotopic (exact) mass is 356 g/mol. The maximum absolute atomic E-state index is 11.9. The van der Waals surface area contributed by atoms with Gasteiger partial charge in [-0.1, -0.05) is 18.2 Å². The molecule has 2 heterocycles. The molecule has 0 N–H and O–H groups in total. The van der Waals surface area contributed by atoms with Crippen LogP contribution in [-0.4, -0.2) is 11.8 Å². The summed E-state index contributed by atoms with van der Waals surface area (Å²) in [7, 11) is 0. The summed E-state index contributed by atoms with van der Waals surface area (Å²) in [6.45, 7) is 1.87. The van der Waals surface area contributed by atoms with Crippen LogP contribution in [0.3, 0.4) is 0 Å². The first-order valence-corrected chi connectivity index (χ1v) is 8.66. The first kappa shape index (κ1) is 17.1. The van der Waals surface area contributed by atoms with Gasteiger partial charge in [0.25, 0.3) is 0 Å². The Hall–Kier alpha value is -2.73. The molecule has 0 atom stereocenters. The van der Waals surface area contributed by atoms with Crippen molar-refractivity contribution in [1.82, 2.24) is 0 Å². The largest absolute Gasteiger partial charge is 0.461 e. The molecular weight excluding hydrogens is 340 g/mol. The van der Waals surface area contributed by atoms with E-state index in [0.29, 0.717) is 16.0 Å². The molecule has 0 saturated heterocycles. The van der Waals surface area contributed by atoms with Crippen molar-refractivity contribution in [2.75, 3.05) is 0 Å². The summed E-state index contributed by atoms with van der Waals surface area (Å²) >= 11 is 1.35. The summed E-state index contributed by atoms with van der Waals surface area (Å²) in [6, 6.07) is 10.3. The lowest BCUT2D eigenvalue weighted by Crippen LogP contribution is -2.09. The summed E-state index contributed by atoms with van der Waals surface area (Å²) in [5.41, 5.74) is 1.53. The first-order chi connectivity index (χ1) is 12.0. The SMILES string of the molecule is Cc1ccc2c(COC(=O)CCC(=O)c3cccs3)cc(=O)oc2c1. The third-order valence-electron chi connectivity index (χ3n) is 3.73. The Morgan fingerprint density at radius 1 is 1.16 bits per heavy atom. The van der Waals surface area contributed by atoms with Gasteiger partial charge >= 0.3 is 11.6 Å². The fourth-order valence-corrected chi connectivity index (χ4v) is 3.16. The van der Waals surface area contributed by atoms with Crippen LogP contribution in [0.4, 0.5) is 0 Å². The predicted molar refractivity (Wildman–Crippen MR) is 94.9 cm³/mol. The molecule has 25 heavy (non-hydrogen) atoms. The summed E-state index contributed by atoms with van der Waals surface area (Å²) in [5, 5.41) is 2.55. The molecule has 0 radical (unpaired) electrons. The second-order valence-electron chi connectivity index (χ2n) is 5.65. The van der Waals surface area contributed by atoms with Crippen LogP contribution in [0.1, 0.15) is 33.6 Å². The Bertz CT molecular complexity index is 969. The van der Waals surface area contributed by atoms with Gasteiger partial charge < -0.3 is 9.15 Å². The van der Waals surface area contributed by atoms with Gasteiger partial charge in [-0.3, -0.25) is 9.59 Å². The second kappa shape index (κ2) is 7.44. The van der Waals surface area contributed by atoms with Gasteiger partial charge in [0.05, 0.1) is 11.3 Å². The zero-order chi connectivity index (χ0) is 17.8. The van der Waals surface area contributed by atoms with E-state index in [2.05, 4.69) is 0 Å². The van der Waals surface area contributed by atoms with Gasteiger partial charge in [0.1, 0.15) is 12.2 Å². The van der Waals surface area contributed by atoms with Crippen LogP contribution >= 0.6 is 11.3 Å². The molecule has 0 amide bonds. The zero-order valence-electron chi connectivity index (χ0n) is 13.6. The van der Waals surface area contributed by atoms with Crippen LogP contribution in [-0.2, 0) is 16.1 Å². The van der Waals surface area contributed by atoms with Crippen molar-refractivity contribution < 1.29 is 18.7 Å². The van der Waals surface area contributed by atoms with Crippen molar-refractivity contribution in [3.8, 4) is 0 Å². The average Bonchev–Trinajstić information content (AvgIpc) is 3.11. The van der Waals surface area contributed by atoms with E-state index < -0.39 is 11.6 Å². The molecule has 6 heteroatoms. The highest BCUT2D eigenvalue weighted by Crippen LogP contribution is 2.19. The maximum Gasteiger partial charge on any atom is 0.336 e. The third kappa shape index (κ3) is 4.22. The number of aryl methyl sites for hydroxylation is 1. The number of ketones is 1. The molecule has 3 aromatic rings. The highest BCUT2D eigenvalue weighted by atomic mass is 32.1. The molecule has 0 spiro atoms. The van der Waals surface area contributed by atoms with Gasteiger partial charge in [-0.25, -0.2) is 4.79 Å². The lowest BCUT2D eigenvalue weighted by atomic mass is 10.1. The topological polar surface area (TPSA) is 73.6 Å². The lowest BCUT2D eigenvalue weighted by Gasteiger charge is -2.07. The number of esters is 1. The van der Waals surface area contributed by atoms with Crippen molar-refractivity contribution in [3.05, 3.63) is 68.2 Å². The minimum atomic E-state index is -0.489. The molecular formula is C19H16O5S. The summed E-state index contributed by atoms with van der Waals surface area (Å²) in [4.78, 5) is 36.1. The van der Waals surface area contributed by atoms with Gasteiger partial charge in [0.15, 0.2) is 5.78 Å². The number of Topliss-reactive ketones (excluding diaryl/α,β-unsaturated/α-hetero) is 1. The number of hydrogen-bond acceptors (Lipinski definition) is 6. The third-order valence-corrected chi connectivity index (χ3v) is 4.64. The fraction of sp³-hybridized carbons (Fsp3) is 0.211. The number of thiophene rings is 1. The van der Waals surface area contributed by atoms with E-state index in [-0.39, 0.29) is 25.2 Å². The smallest absolute Gasteiger partial charge is 0.336 e. The Balaban J connectivity index is 1.63. The fourth-order valence-electron chi connectivity index (χ4n) is 2.46. The Morgan fingerprint density at radius 3 is 2.76 bits per heavy atom. The molecule has 0 unspecified atom stereocenters. The van der Waals surface area contributed by atoms with Crippen LogP contribution in [0.2, 0.25) is 0 Å². The van der Waals surface area contributed by atoms with E-state index in [1.807, 2.05) is 24.4 Å². The molecule has 1 aromatic carbocycles. The first-order valence-electron chi connectivity index (χ1n) is 7.78. The number of carbonyl (C=O) groups is 2. The molecule has 0 bridgehead atoms. The van der Waals surface area contributed by atoms with Crippen molar-refractivity contribution in [3.63, 3.8) is 0 Å². The molecule has 3 rings (SSSR count). The normalized spacial score (nSPS) is 10.8. The van der Waals surface area contributed by atoms with Crippen molar-refractivity contribution in [2.24, 2.45) is 0 Å². The summed E-state index contributed by atoms with van der Waals surface area (Å²) in [6.07, 6.45) is 0.117. The van der Waals surface area contributed by atoms with E-state index >= 15 is 0 Å². The van der Waals surface area contributed by atoms with Gasteiger partial charge in [0, 0.05) is 23.4 Å². The quantitative estimate of drug-likeness (QED) is 0.381. The van der Waals surface area contributed by atoms with E-state index in [1.54, 1.807) is 18.2 Å². The Morgan fingerprint density at radius 2 is 2.00 bits per heavy atom. The molecule has 0 aliphatic heterocycles. The van der Waals surface area contributed by atoms with Crippen LogP contribution < -0.4 is 5.63 Å². The molecule has 0 saturated carbocycles. The number of ether oxygens (including phenoxy) is 1.